The Morgan fingerprint density at radius 1 is 1.50 bits per heavy atom. The van der Waals surface area contributed by atoms with Crippen molar-refractivity contribution in [3.05, 3.63) is 29.3 Å². The Morgan fingerprint density at radius 2 is 2.22 bits per heavy atom. The Labute approximate surface area is 108 Å². The van der Waals surface area contributed by atoms with Crippen molar-refractivity contribution in [2.45, 2.75) is 26.9 Å². The van der Waals surface area contributed by atoms with E-state index < -0.39 is 0 Å². The molecule has 0 aliphatic carbocycles. The molecule has 0 aromatic heterocycles. The maximum atomic E-state index is 11.9. The fourth-order valence-electron chi connectivity index (χ4n) is 1.65. The first-order chi connectivity index (χ1) is 8.58. The highest BCUT2D eigenvalue weighted by molar-refractivity contribution is 5.94. The van der Waals surface area contributed by atoms with Crippen molar-refractivity contribution in [3.63, 3.8) is 0 Å². The minimum absolute atomic E-state index is 0.0185. The van der Waals surface area contributed by atoms with Crippen LogP contribution in [0.4, 0.5) is 5.69 Å². The number of benzene rings is 1. The second-order valence-corrected chi connectivity index (χ2v) is 4.15. The fraction of sp³-hybridized carbons (Fsp3) is 0.462. The van der Waals surface area contributed by atoms with Crippen LogP contribution in [0.2, 0.25) is 0 Å². The molecule has 5 nitrogen and oxygen atoms in total. The van der Waals surface area contributed by atoms with E-state index in [4.69, 9.17) is 10.6 Å². The zero-order chi connectivity index (χ0) is 13.5. The van der Waals surface area contributed by atoms with E-state index in [-0.39, 0.29) is 12.0 Å². The molecule has 0 heterocycles. The van der Waals surface area contributed by atoms with Crippen molar-refractivity contribution >= 4 is 11.6 Å². The quantitative estimate of drug-likeness (QED) is 0.528. The summed E-state index contributed by atoms with van der Waals surface area (Å²) in [6.45, 7) is 6.90. The van der Waals surface area contributed by atoms with Crippen LogP contribution in [-0.4, -0.2) is 25.2 Å². The summed E-state index contributed by atoms with van der Waals surface area (Å²) in [5.41, 5.74) is 4.94. The van der Waals surface area contributed by atoms with Crippen LogP contribution in [0.1, 0.15) is 29.8 Å². The molecule has 0 bridgehead atoms. The summed E-state index contributed by atoms with van der Waals surface area (Å²) in [6, 6.07) is 5.33. The van der Waals surface area contributed by atoms with Crippen molar-refractivity contribution in [3.8, 4) is 0 Å². The van der Waals surface area contributed by atoms with E-state index in [1.165, 1.54) is 0 Å². The van der Waals surface area contributed by atoms with E-state index in [0.717, 1.165) is 11.3 Å². The summed E-state index contributed by atoms with van der Waals surface area (Å²) in [5.74, 6) is 5.24. The number of aryl methyl sites for hydroxylation is 1. The molecular weight excluding hydrogens is 230 g/mol. The molecule has 5 heteroatoms. The third kappa shape index (κ3) is 4.01. The topological polar surface area (TPSA) is 76.4 Å². The molecule has 1 amide bonds. The second-order valence-electron chi connectivity index (χ2n) is 4.15. The molecule has 0 aliphatic rings. The van der Waals surface area contributed by atoms with Crippen LogP contribution in [0.15, 0.2) is 18.2 Å². The molecule has 0 spiro atoms. The highest BCUT2D eigenvalue weighted by atomic mass is 16.5. The Bertz CT molecular complexity index is 407. The number of nitrogens with two attached hydrogens (primary N) is 1. The monoisotopic (exact) mass is 251 g/mol. The number of hydrazine groups is 1. The predicted molar refractivity (Wildman–Crippen MR) is 72.4 cm³/mol. The van der Waals surface area contributed by atoms with Gasteiger partial charge in [-0.25, -0.2) is 0 Å². The van der Waals surface area contributed by atoms with Crippen LogP contribution >= 0.6 is 0 Å². The summed E-state index contributed by atoms with van der Waals surface area (Å²) in [4.78, 5) is 11.9. The van der Waals surface area contributed by atoms with E-state index >= 15 is 0 Å². The molecule has 0 fully saturated rings. The molecular formula is C13H21N3O2. The zero-order valence-corrected chi connectivity index (χ0v) is 11.1. The van der Waals surface area contributed by atoms with Crippen molar-refractivity contribution in [1.29, 1.82) is 0 Å². The molecule has 1 atom stereocenters. The Hall–Kier alpha value is -1.59. The van der Waals surface area contributed by atoms with Gasteiger partial charge in [-0.1, -0.05) is 0 Å². The molecule has 0 aliphatic heterocycles. The number of nitrogen functional groups attached to an aromatic ring is 1. The van der Waals surface area contributed by atoms with Crippen LogP contribution in [0.5, 0.6) is 0 Å². The number of carbonyl (C=O) groups is 1. The van der Waals surface area contributed by atoms with Gasteiger partial charge in [0.15, 0.2) is 0 Å². The van der Waals surface area contributed by atoms with E-state index in [1.54, 1.807) is 18.2 Å². The lowest BCUT2D eigenvalue weighted by atomic mass is 10.1. The standard InChI is InChI=1S/C13H21N3O2/c1-4-18-10(3)8-15-13(17)11-5-6-12(16-14)9(2)7-11/h5-7,10,16H,4,8,14H2,1-3H3,(H,15,17). The summed E-state index contributed by atoms with van der Waals surface area (Å²) in [5, 5.41) is 2.83. The number of amides is 1. The number of nitrogens with one attached hydrogen (secondary N) is 2. The summed E-state index contributed by atoms with van der Waals surface area (Å²) in [6.07, 6.45) is 0.0185. The number of anilines is 1. The SMILES string of the molecule is CCOC(C)CNC(=O)c1ccc(NN)c(C)c1. The number of rotatable bonds is 6. The van der Waals surface area contributed by atoms with Gasteiger partial charge in [0.2, 0.25) is 0 Å². The van der Waals surface area contributed by atoms with Gasteiger partial charge in [0.25, 0.3) is 5.91 Å². The molecule has 0 radical (unpaired) electrons. The van der Waals surface area contributed by atoms with E-state index in [0.29, 0.717) is 18.7 Å². The van der Waals surface area contributed by atoms with Crippen LogP contribution in [-0.2, 0) is 4.74 Å². The molecule has 1 aromatic rings. The van der Waals surface area contributed by atoms with Crippen LogP contribution in [0, 0.1) is 6.92 Å². The first-order valence-corrected chi connectivity index (χ1v) is 6.05. The van der Waals surface area contributed by atoms with Gasteiger partial charge < -0.3 is 15.5 Å². The Morgan fingerprint density at radius 3 is 2.78 bits per heavy atom. The lowest BCUT2D eigenvalue weighted by Crippen LogP contribution is -2.32. The molecule has 1 aromatic carbocycles. The lowest BCUT2D eigenvalue weighted by Gasteiger charge is -2.13. The van der Waals surface area contributed by atoms with Gasteiger partial charge >= 0.3 is 0 Å². The minimum Gasteiger partial charge on any atom is -0.377 e. The van der Waals surface area contributed by atoms with Crippen molar-refractivity contribution in [1.82, 2.24) is 5.32 Å². The molecule has 0 saturated heterocycles. The highest BCUT2D eigenvalue weighted by Crippen LogP contribution is 2.15. The second kappa shape index (κ2) is 6.98. The maximum Gasteiger partial charge on any atom is 0.251 e. The van der Waals surface area contributed by atoms with Gasteiger partial charge in [-0.05, 0) is 44.5 Å². The van der Waals surface area contributed by atoms with Crippen molar-refractivity contribution < 1.29 is 9.53 Å². The van der Waals surface area contributed by atoms with Gasteiger partial charge in [0.1, 0.15) is 0 Å². The van der Waals surface area contributed by atoms with Crippen LogP contribution in [0.3, 0.4) is 0 Å². The first-order valence-electron chi connectivity index (χ1n) is 6.05. The highest BCUT2D eigenvalue weighted by Gasteiger charge is 2.09. The molecule has 4 N–H and O–H groups in total. The van der Waals surface area contributed by atoms with Gasteiger partial charge in [-0.15, -0.1) is 0 Å². The predicted octanol–water partition coefficient (Wildman–Crippen LogP) is 1.44. The number of carbonyl (C=O) groups excluding carboxylic acids is 1. The third-order valence-electron chi connectivity index (χ3n) is 2.65. The summed E-state index contributed by atoms with van der Waals surface area (Å²) in [7, 11) is 0. The normalized spacial score (nSPS) is 12.0. The zero-order valence-electron chi connectivity index (χ0n) is 11.1. The van der Waals surface area contributed by atoms with E-state index in [9.17, 15) is 4.79 Å². The Kier molecular flexibility index (Phi) is 5.61. The number of hydrogen-bond acceptors (Lipinski definition) is 4. The molecule has 0 saturated carbocycles. The van der Waals surface area contributed by atoms with Gasteiger partial charge in [0, 0.05) is 18.7 Å². The van der Waals surface area contributed by atoms with Crippen molar-refractivity contribution in [2.75, 3.05) is 18.6 Å². The average Bonchev–Trinajstić information content (AvgIpc) is 2.36. The lowest BCUT2D eigenvalue weighted by molar-refractivity contribution is 0.0695. The largest absolute Gasteiger partial charge is 0.377 e. The average molecular weight is 251 g/mol. The minimum atomic E-state index is -0.103. The van der Waals surface area contributed by atoms with Crippen LogP contribution < -0.4 is 16.6 Å². The van der Waals surface area contributed by atoms with E-state index in [2.05, 4.69) is 10.7 Å². The van der Waals surface area contributed by atoms with Gasteiger partial charge in [0.05, 0.1) is 11.8 Å². The first kappa shape index (κ1) is 14.5. The van der Waals surface area contributed by atoms with E-state index in [1.807, 2.05) is 20.8 Å². The van der Waals surface area contributed by atoms with Gasteiger partial charge in [-0.2, -0.15) is 0 Å². The van der Waals surface area contributed by atoms with Crippen LogP contribution in [0.25, 0.3) is 0 Å². The molecule has 1 unspecified atom stereocenters. The van der Waals surface area contributed by atoms with Gasteiger partial charge in [-0.3, -0.25) is 10.6 Å². The smallest absolute Gasteiger partial charge is 0.251 e. The molecule has 100 valence electrons. The number of hydrogen-bond donors (Lipinski definition) is 3. The van der Waals surface area contributed by atoms with Crippen molar-refractivity contribution in [2.24, 2.45) is 5.84 Å². The molecule has 18 heavy (non-hydrogen) atoms. The fourth-order valence-corrected chi connectivity index (χ4v) is 1.65. The maximum absolute atomic E-state index is 11.9. The Balaban J connectivity index is 2.59. The summed E-state index contributed by atoms with van der Waals surface area (Å²) < 4.78 is 5.35. The third-order valence-corrected chi connectivity index (χ3v) is 2.65. The molecule has 1 rings (SSSR count). The number of ether oxygens (including phenoxy) is 1. The summed E-state index contributed by atoms with van der Waals surface area (Å²) >= 11 is 0.